The van der Waals surface area contributed by atoms with Gasteiger partial charge >= 0.3 is 12.2 Å². The maximum absolute atomic E-state index is 14.2. The van der Waals surface area contributed by atoms with Crippen LogP contribution in [0.25, 0.3) is 10.9 Å². The van der Waals surface area contributed by atoms with Crippen molar-refractivity contribution < 1.29 is 38.4 Å². The molecule has 2 N–H and O–H groups in total. The molecule has 212 valence electrons. The van der Waals surface area contributed by atoms with Gasteiger partial charge in [-0.15, -0.1) is 0 Å². The Morgan fingerprint density at radius 3 is 2.44 bits per heavy atom. The molecule has 4 saturated carbocycles. The van der Waals surface area contributed by atoms with Crippen molar-refractivity contribution in [3.8, 4) is 0 Å². The zero-order valence-electron chi connectivity index (χ0n) is 23.1. The summed E-state index contributed by atoms with van der Waals surface area (Å²) in [5.41, 5.74) is -0.336. The van der Waals surface area contributed by atoms with Crippen molar-refractivity contribution in [2.45, 2.75) is 108 Å². The first-order chi connectivity index (χ1) is 18.1. The topological polar surface area (TPSA) is 110 Å². The lowest BCUT2D eigenvalue weighted by Gasteiger charge is -2.66. The molecule has 1 aliphatic heterocycles. The molecule has 4 atom stereocenters. The number of aliphatic hydroxyl groups excluding tert-OH is 1. The summed E-state index contributed by atoms with van der Waals surface area (Å²) in [5, 5.41) is 21.6. The lowest BCUT2D eigenvalue weighted by atomic mass is 9.42. The summed E-state index contributed by atoms with van der Waals surface area (Å²) < 4.78 is 33.1. The van der Waals surface area contributed by atoms with Crippen LogP contribution in [0.4, 0.5) is 14.0 Å². The smallest absolute Gasteiger partial charge is 0.416 e. The second-order valence-corrected chi connectivity index (χ2v) is 13.6. The van der Waals surface area contributed by atoms with Crippen LogP contribution in [-0.4, -0.2) is 73.8 Å². The summed E-state index contributed by atoms with van der Waals surface area (Å²) >= 11 is 0. The van der Waals surface area contributed by atoms with E-state index in [1.807, 2.05) is 32.0 Å². The molecule has 5 aliphatic rings. The number of benzene rings is 1. The largest absolute Gasteiger partial charge is 0.464 e. The van der Waals surface area contributed by atoms with Crippen LogP contribution in [0.5, 0.6) is 0 Å². The number of hydrogen-bond donors (Lipinski definition) is 2. The molecule has 1 amide bonds. The summed E-state index contributed by atoms with van der Waals surface area (Å²) in [5.74, 6) is -0.965. The summed E-state index contributed by atoms with van der Waals surface area (Å²) in [6, 6.07) is 7.39. The molecule has 1 aromatic carbocycles. The molecule has 2 bridgehead atoms. The molecule has 2 aromatic rings. The van der Waals surface area contributed by atoms with Gasteiger partial charge in [0.2, 0.25) is 0 Å². The van der Waals surface area contributed by atoms with Gasteiger partial charge in [-0.3, -0.25) is 0 Å². The van der Waals surface area contributed by atoms with Gasteiger partial charge in [-0.25, -0.2) is 18.5 Å². The monoisotopic (exact) mass is 544 g/mol. The van der Waals surface area contributed by atoms with E-state index in [0.29, 0.717) is 48.8 Å². The second-order valence-electron chi connectivity index (χ2n) is 13.6. The summed E-state index contributed by atoms with van der Waals surface area (Å²) in [6.07, 6.45) is -1.46. The zero-order valence-corrected chi connectivity index (χ0v) is 23.1. The number of nitrogens with zero attached hydrogens (tertiary/aromatic N) is 2. The fourth-order valence-corrected chi connectivity index (χ4v) is 7.27. The van der Waals surface area contributed by atoms with E-state index in [1.165, 1.54) is 9.47 Å². The molecule has 5 fully saturated rings. The fourth-order valence-electron chi connectivity index (χ4n) is 7.27. The predicted octanol–water partition coefficient (Wildman–Crippen LogP) is 5.17. The highest BCUT2D eigenvalue weighted by Crippen LogP contribution is 2.69. The Balaban J connectivity index is 1.32. The third kappa shape index (κ3) is 4.60. The van der Waals surface area contributed by atoms with Gasteiger partial charge in [0.05, 0.1) is 24.3 Å². The number of alkyl halides is 1. The van der Waals surface area contributed by atoms with E-state index in [4.69, 9.17) is 14.2 Å². The third-order valence-corrected chi connectivity index (χ3v) is 8.57. The fraction of sp³-hybridized carbons (Fsp3) is 0.655. The van der Waals surface area contributed by atoms with Gasteiger partial charge < -0.3 is 29.3 Å². The van der Waals surface area contributed by atoms with Crippen molar-refractivity contribution in [2.75, 3.05) is 6.54 Å². The maximum Gasteiger partial charge on any atom is 0.416 e. The van der Waals surface area contributed by atoms with E-state index < -0.39 is 41.5 Å². The summed E-state index contributed by atoms with van der Waals surface area (Å²) in [7, 11) is 0. The van der Waals surface area contributed by atoms with Crippen LogP contribution in [0.15, 0.2) is 24.3 Å². The molecular formula is C29H37FN2O7. The van der Waals surface area contributed by atoms with Gasteiger partial charge in [-0.1, -0.05) is 12.1 Å². The SMILES string of the molecule is CC(C)(C)OC(=O)N(Cc1cc2ccc([C@H]3C[C@@H](O)[C@@H]4OC(C)(C)O[C@@H]43)cc2n1C(=O)O)CC12CC(F)(C1)C2. The van der Waals surface area contributed by atoms with Gasteiger partial charge in [-0.05, 0) is 83.4 Å². The normalized spacial score (nSPS) is 34.3. The minimum atomic E-state index is -1.17. The standard InChI is InChI=1S/C29H37FN2O7/c1-26(2,3)39-25(36)31(15-28-12-29(30,13-28)14-28)11-18-8-17-7-6-16(9-20(17)32(18)24(34)35)19-10-21(33)23-22(19)37-27(4,5)38-23/h6-9,19,21-23,33H,10-15H2,1-5H3,(H,34,35)/t19-,21-,22-,23+,28?,29?/m1/s1. The van der Waals surface area contributed by atoms with Crippen LogP contribution < -0.4 is 0 Å². The number of ether oxygens (including phenoxy) is 3. The number of aromatic nitrogens is 1. The van der Waals surface area contributed by atoms with Crippen molar-refractivity contribution in [3.05, 3.63) is 35.5 Å². The van der Waals surface area contributed by atoms with Gasteiger partial charge in [0.25, 0.3) is 0 Å². The number of fused-ring (bicyclic) bond motifs is 2. The first-order valence-corrected chi connectivity index (χ1v) is 13.6. The highest BCUT2D eigenvalue weighted by molar-refractivity contribution is 5.91. The average molecular weight is 545 g/mol. The van der Waals surface area contributed by atoms with Crippen LogP contribution >= 0.6 is 0 Å². The second kappa shape index (κ2) is 8.41. The molecule has 39 heavy (non-hydrogen) atoms. The number of aliphatic hydroxyl groups is 1. The Morgan fingerprint density at radius 2 is 1.82 bits per heavy atom. The van der Waals surface area contributed by atoms with Crippen LogP contribution in [0.2, 0.25) is 0 Å². The minimum Gasteiger partial charge on any atom is -0.464 e. The number of hydrogen-bond acceptors (Lipinski definition) is 6. The highest BCUT2D eigenvalue weighted by Gasteiger charge is 2.69. The predicted molar refractivity (Wildman–Crippen MR) is 139 cm³/mol. The lowest BCUT2D eigenvalue weighted by Crippen LogP contribution is -2.68. The van der Waals surface area contributed by atoms with Crippen LogP contribution in [0.1, 0.15) is 77.5 Å². The molecular weight excluding hydrogens is 507 g/mol. The van der Waals surface area contributed by atoms with E-state index in [0.717, 1.165) is 5.56 Å². The molecule has 2 heterocycles. The molecule has 9 nitrogen and oxygen atoms in total. The Bertz CT molecular complexity index is 1330. The van der Waals surface area contributed by atoms with Crippen molar-refractivity contribution in [1.29, 1.82) is 0 Å². The highest BCUT2D eigenvalue weighted by atomic mass is 19.1. The number of rotatable bonds is 5. The first kappa shape index (κ1) is 26.5. The van der Waals surface area contributed by atoms with E-state index in [2.05, 4.69) is 0 Å². The van der Waals surface area contributed by atoms with Crippen molar-refractivity contribution in [3.63, 3.8) is 0 Å². The molecule has 7 rings (SSSR count). The van der Waals surface area contributed by atoms with E-state index in [9.17, 15) is 24.2 Å². The summed E-state index contributed by atoms with van der Waals surface area (Å²) in [6.45, 7) is 9.30. The van der Waals surface area contributed by atoms with Gasteiger partial charge in [0.15, 0.2) is 5.79 Å². The number of carbonyl (C=O) groups is 2. The van der Waals surface area contributed by atoms with Crippen molar-refractivity contribution >= 4 is 23.1 Å². The lowest BCUT2D eigenvalue weighted by molar-refractivity contribution is -0.220. The maximum atomic E-state index is 14.2. The molecule has 1 aromatic heterocycles. The van der Waals surface area contributed by atoms with Gasteiger partial charge in [0.1, 0.15) is 17.4 Å². The average Bonchev–Trinajstić information content (AvgIpc) is 3.38. The van der Waals surface area contributed by atoms with E-state index >= 15 is 0 Å². The number of amides is 1. The Morgan fingerprint density at radius 1 is 1.15 bits per heavy atom. The zero-order chi connectivity index (χ0) is 28.1. The molecule has 0 unspecified atom stereocenters. The Labute approximate surface area is 226 Å². The van der Waals surface area contributed by atoms with Crippen molar-refractivity contribution in [1.82, 2.24) is 9.47 Å². The first-order valence-electron chi connectivity index (χ1n) is 13.6. The van der Waals surface area contributed by atoms with Gasteiger partial charge in [0, 0.05) is 23.5 Å². The van der Waals surface area contributed by atoms with Gasteiger partial charge in [-0.2, -0.15) is 0 Å². The molecule has 10 heteroatoms. The van der Waals surface area contributed by atoms with Crippen molar-refractivity contribution in [2.24, 2.45) is 5.41 Å². The Hall–Kier alpha value is -2.69. The minimum absolute atomic E-state index is 0.0181. The number of halogens is 1. The molecule has 0 spiro atoms. The molecule has 1 saturated heterocycles. The quantitative estimate of drug-likeness (QED) is 0.535. The van der Waals surface area contributed by atoms with E-state index in [-0.39, 0.29) is 24.0 Å². The molecule has 4 aliphatic carbocycles. The van der Waals surface area contributed by atoms with E-state index in [1.54, 1.807) is 26.8 Å². The van der Waals surface area contributed by atoms with Crippen LogP contribution in [0.3, 0.4) is 0 Å². The number of carboxylic acid groups (broad SMARTS) is 1. The Kier molecular flexibility index (Phi) is 5.72. The van der Waals surface area contributed by atoms with Crippen LogP contribution in [0, 0.1) is 5.41 Å². The van der Waals surface area contributed by atoms with Crippen LogP contribution in [-0.2, 0) is 20.8 Å². The number of carbonyl (C=O) groups excluding carboxylic acids is 1. The summed E-state index contributed by atoms with van der Waals surface area (Å²) in [4.78, 5) is 27.2. The molecule has 0 radical (unpaired) electrons. The third-order valence-electron chi connectivity index (χ3n) is 8.57.